The van der Waals surface area contributed by atoms with Crippen molar-refractivity contribution in [2.45, 2.75) is 4.84 Å². The minimum atomic E-state index is -0.432. The van der Waals surface area contributed by atoms with Gasteiger partial charge in [0.25, 0.3) is 0 Å². The summed E-state index contributed by atoms with van der Waals surface area (Å²) in [6, 6.07) is 0. The molecule has 0 saturated heterocycles. The summed E-state index contributed by atoms with van der Waals surface area (Å²) in [6.07, 6.45) is 0. The summed E-state index contributed by atoms with van der Waals surface area (Å²) in [5.74, 6) is 0.487. The van der Waals surface area contributed by atoms with Gasteiger partial charge in [0.1, 0.15) is 4.84 Å². The van der Waals surface area contributed by atoms with E-state index in [1.165, 1.54) is 0 Å². The van der Waals surface area contributed by atoms with Crippen LogP contribution < -0.4 is 0 Å². The fourth-order valence-electron chi connectivity index (χ4n) is 0.227. The van der Waals surface area contributed by atoms with E-state index in [0.29, 0.717) is 19.1 Å². The highest BCUT2D eigenvalue weighted by atomic mass is 35.5. The molecule has 0 fully saturated rings. The van der Waals surface area contributed by atoms with Gasteiger partial charge >= 0.3 is 0 Å². The van der Waals surface area contributed by atoms with Gasteiger partial charge in [-0.25, -0.2) is 0 Å². The van der Waals surface area contributed by atoms with E-state index in [2.05, 4.69) is 0 Å². The topological polar surface area (TPSA) is 9.23 Å². The van der Waals surface area contributed by atoms with Gasteiger partial charge in [0.05, 0.1) is 13.2 Å². The zero-order chi connectivity index (χ0) is 6.41. The van der Waals surface area contributed by atoms with Crippen LogP contribution >= 0.6 is 34.8 Å². The number of hydrogen-bond acceptors (Lipinski definition) is 1. The predicted molar refractivity (Wildman–Crippen MR) is 37.0 cm³/mol. The zero-order valence-electron chi connectivity index (χ0n) is 4.24. The number of ether oxygens (including phenoxy) is 1. The predicted octanol–water partition coefficient (Wildman–Crippen LogP) is 2.05. The molecule has 0 N–H and O–H groups in total. The minimum Gasteiger partial charge on any atom is -0.377 e. The van der Waals surface area contributed by atoms with Crippen molar-refractivity contribution in [2.75, 3.05) is 19.1 Å². The number of alkyl halides is 3. The normalized spacial score (nSPS) is 10.5. The van der Waals surface area contributed by atoms with E-state index >= 15 is 0 Å². The summed E-state index contributed by atoms with van der Waals surface area (Å²) in [4.78, 5) is -0.432. The van der Waals surface area contributed by atoms with Crippen molar-refractivity contribution in [1.82, 2.24) is 0 Å². The van der Waals surface area contributed by atoms with Crippen molar-refractivity contribution in [3.05, 3.63) is 0 Å². The molecule has 0 atom stereocenters. The van der Waals surface area contributed by atoms with Crippen LogP contribution in [0.2, 0.25) is 0 Å². The maximum atomic E-state index is 5.31. The number of hydrogen-bond donors (Lipinski definition) is 0. The molecule has 0 aliphatic heterocycles. The standard InChI is InChI=1S/C4H7Cl3O/c5-1-2-8-3-4(6)7/h4H,1-3H2. The number of halogens is 3. The van der Waals surface area contributed by atoms with Gasteiger partial charge < -0.3 is 4.74 Å². The first kappa shape index (κ1) is 8.83. The molecule has 0 heterocycles. The number of rotatable bonds is 4. The Hall–Kier alpha value is 0.830. The van der Waals surface area contributed by atoms with Crippen molar-refractivity contribution in [1.29, 1.82) is 0 Å². The molecule has 0 amide bonds. The molecule has 8 heavy (non-hydrogen) atoms. The lowest BCUT2D eigenvalue weighted by Gasteiger charge is -1.99. The second-order valence-corrected chi connectivity index (χ2v) is 2.81. The molecular weight excluding hydrogens is 170 g/mol. The van der Waals surface area contributed by atoms with Crippen LogP contribution in [-0.4, -0.2) is 23.9 Å². The molecule has 1 nitrogen and oxygen atoms in total. The van der Waals surface area contributed by atoms with Crippen molar-refractivity contribution >= 4 is 34.8 Å². The maximum absolute atomic E-state index is 5.31. The van der Waals surface area contributed by atoms with Gasteiger partial charge in [0, 0.05) is 5.88 Å². The lowest BCUT2D eigenvalue weighted by Crippen LogP contribution is -2.03. The molecule has 0 aliphatic carbocycles. The molecule has 0 spiro atoms. The SMILES string of the molecule is ClCCOCC(Cl)Cl. The highest BCUT2D eigenvalue weighted by Crippen LogP contribution is 2.00. The lowest BCUT2D eigenvalue weighted by atomic mass is 10.8. The van der Waals surface area contributed by atoms with Crippen LogP contribution in [0.15, 0.2) is 0 Å². The fourth-order valence-corrected chi connectivity index (χ4v) is 0.514. The van der Waals surface area contributed by atoms with Crippen LogP contribution in [0.3, 0.4) is 0 Å². The lowest BCUT2D eigenvalue weighted by molar-refractivity contribution is 0.160. The average molecular weight is 177 g/mol. The second-order valence-electron chi connectivity index (χ2n) is 1.15. The van der Waals surface area contributed by atoms with Gasteiger partial charge in [0.15, 0.2) is 0 Å². The largest absolute Gasteiger partial charge is 0.377 e. The van der Waals surface area contributed by atoms with Crippen LogP contribution in [0.5, 0.6) is 0 Å². The third kappa shape index (κ3) is 6.83. The molecule has 0 aromatic heterocycles. The Bertz CT molecular complexity index is 48.5. The van der Waals surface area contributed by atoms with Crippen molar-refractivity contribution in [3.63, 3.8) is 0 Å². The van der Waals surface area contributed by atoms with Gasteiger partial charge in [-0.15, -0.1) is 34.8 Å². The Balaban J connectivity index is 2.72. The summed E-state index contributed by atoms with van der Waals surface area (Å²) in [7, 11) is 0. The molecule has 0 radical (unpaired) electrons. The highest BCUT2D eigenvalue weighted by molar-refractivity contribution is 6.44. The smallest absolute Gasteiger partial charge is 0.131 e. The zero-order valence-corrected chi connectivity index (χ0v) is 6.51. The molecule has 0 aliphatic rings. The van der Waals surface area contributed by atoms with Crippen molar-refractivity contribution in [3.8, 4) is 0 Å². The molecule has 0 aromatic carbocycles. The Labute approximate surface area is 63.9 Å². The van der Waals surface area contributed by atoms with Gasteiger partial charge in [-0.1, -0.05) is 0 Å². The van der Waals surface area contributed by atoms with Crippen molar-refractivity contribution in [2.24, 2.45) is 0 Å². The monoisotopic (exact) mass is 176 g/mol. The molecule has 0 saturated carbocycles. The van der Waals surface area contributed by atoms with E-state index in [1.54, 1.807) is 0 Å². The second kappa shape index (κ2) is 5.96. The molecule has 0 aromatic rings. The Morgan fingerprint density at radius 3 is 2.38 bits per heavy atom. The van der Waals surface area contributed by atoms with Crippen LogP contribution in [0.4, 0.5) is 0 Å². The Morgan fingerprint density at radius 1 is 1.38 bits per heavy atom. The summed E-state index contributed by atoms with van der Waals surface area (Å²) in [5, 5.41) is 0. The van der Waals surface area contributed by atoms with E-state index in [1.807, 2.05) is 0 Å². The third-order valence-corrected chi connectivity index (χ3v) is 0.872. The van der Waals surface area contributed by atoms with E-state index in [0.717, 1.165) is 0 Å². The summed E-state index contributed by atoms with van der Waals surface area (Å²) < 4.78 is 4.85. The maximum Gasteiger partial charge on any atom is 0.131 e. The summed E-state index contributed by atoms with van der Waals surface area (Å²) in [6.45, 7) is 0.868. The van der Waals surface area contributed by atoms with E-state index in [-0.39, 0.29) is 0 Å². The molecule has 50 valence electrons. The van der Waals surface area contributed by atoms with Crippen LogP contribution in [-0.2, 0) is 4.74 Å². The van der Waals surface area contributed by atoms with Gasteiger partial charge in [0.2, 0.25) is 0 Å². The van der Waals surface area contributed by atoms with Crippen LogP contribution in [0.25, 0.3) is 0 Å². The molecule has 0 bridgehead atoms. The van der Waals surface area contributed by atoms with Gasteiger partial charge in [-0.3, -0.25) is 0 Å². The molecule has 0 unspecified atom stereocenters. The highest BCUT2D eigenvalue weighted by Gasteiger charge is 1.95. The molecular formula is C4H7Cl3O. The van der Waals surface area contributed by atoms with E-state index in [4.69, 9.17) is 39.5 Å². The molecule has 0 rings (SSSR count). The molecule has 4 heteroatoms. The first-order valence-corrected chi connectivity index (χ1v) is 3.60. The minimum absolute atomic E-state index is 0.357. The van der Waals surface area contributed by atoms with Crippen LogP contribution in [0.1, 0.15) is 0 Å². The Morgan fingerprint density at radius 2 is 2.00 bits per heavy atom. The third-order valence-electron chi connectivity index (χ3n) is 0.465. The first-order valence-electron chi connectivity index (χ1n) is 2.19. The fraction of sp³-hybridized carbons (Fsp3) is 1.00. The van der Waals surface area contributed by atoms with Gasteiger partial charge in [-0.2, -0.15) is 0 Å². The van der Waals surface area contributed by atoms with Gasteiger partial charge in [-0.05, 0) is 0 Å². The van der Waals surface area contributed by atoms with Crippen molar-refractivity contribution < 1.29 is 4.74 Å². The van der Waals surface area contributed by atoms with E-state index in [9.17, 15) is 0 Å². The van der Waals surface area contributed by atoms with Crippen LogP contribution in [0, 0.1) is 0 Å². The Kier molecular flexibility index (Phi) is 6.58. The summed E-state index contributed by atoms with van der Waals surface area (Å²) in [5.41, 5.74) is 0. The average Bonchev–Trinajstić information content (AvgIpc) is 1.66. The van der Waals surface area contributed by atoms with E-state index < -0.39 is 4.84 Å². The summed E-state index contributed by atoms with van der Waals surface area (Å²) >= 11 is 15.9. The quantitative estimate of drug-likeness (QED) is 0.472. The first-order chi connectivity index (χ1) is 3.77.